The number of hydrogen-bond acceptors (Lipinski definition) is 2. The normalized spacial score (nSPS) is 11.5. The Kier molecular flexibility index (Phi) is 6.68. The van der Waals surface area contributed by atoms with Gasteiger partial charge in [-0.15, -0.1) is 12.4 Å². The first-order valence-corrected chi connectivity index (χ1v) is 4.95. The maximum Gasteiger partial charge on any atom is 0.224 e. The average Bonchev–Trinajstić information content (AvgIpc) is 2.23. The third-order valence-electron chi connectivity index (χ3n) is 2.19. The SMILES string of the molecule is CC(CN)C(=O)NCc1cc(F)cc(F)c1.Cl. The first-order valence-electron chi connectivity index (χ1n) is 4.95. The van der Waals surface area contributed by atoms with Crippen molar-refractivity contribution in [1.82, 2.24) is 5.32 Å². The minimum atomic E-state index is -0.656. The van der Waals surface area contributed by atoms with Gasteiger partial charge in [-0.05, 0) is 17.7 Å². The molecular formula is C11H15ClF2N2O. The quantitative estimate of drug-likeness (QED) is 0.868. The first-order chi connectivity index (χ1) is 7.52. The molecule has 1 amide bonds. The zero-order valence-electron chi connectivity index (χ0n) is 9.37. The van der Waals surface area contributed by atoms with E-state index in [1.165, 1.54) is 12.1 Å². The second-order valence-electron chi connectivity index (χ2n) is 3.63. The molecule has 0 heterocycles. The Labute approximate surface area is 105 Å². The molecule has 6 heteroatoms. The smallest absolute Gasteiger partial charge is 0.224 e. The van der Waals surface area contributed by atoms with Crippen molar-refractivity contribution in [2.45, 2.75) is 13.5 Å². The van der Waals surface area contributed by atoms with Crippen LogP contribution in [-0.4, -0.2) is 12.5 Å². The van der Waals surface area contributed by atoms with Crippen molar-refractivity contribution in [3.63, 3.8) is 0 Å². The predicted molar refractivity (Wildman–Crippen MR) is 63.7 cm³/mol. The molecule has 1 atom stereocenters. The van der Waals surface area contributed by atoms with Crippen LogP contribution < -0.4 is 11.1 Å². The number of nitrogens with two attached hydrogens (primary N) is 1. The molecule has 1 aromatic rings. The van der Waals surface area contributed by atoms with Crippen LogP contribution in [0.1, 0.15) is 12.5 Å². The van der Waals surface area contributed by atoms with Gasteiger partial charge in [0.15, 0.2) is 0 Å². The lowest BCUT2D eigenvalue weighted by Crippen LogP contribution is -2.32. The van der Waals surface area contributed by atoms with E-state index in [2.05, 4.69) is 5.32 Å². The molecule has 1 unspecified atom stereocenters. The highest BCUT2D eigenvalue weighted by atomic mass is 35.5. The van der Waals surface area contributed by atoms with Gasteiger partial charge < -0.3 is 11.1 Å². The van der Waals surface area contributed by atoms with Crippen molar-refractivity contribution >= 4 is 18.3 Å². The Morgan fingerprint density at radius 2 is 1.88 bits per heavy atom. The van der Waals surface area contributed by atoms with Crippen molar-refractivity contribution in [2.24, 2.45) is 11.7 Å². The lowest BCUT2D eigenvalue weighted by Gasteiger charge is -2.09. The fraction of sp³-hybridized carbons (Fsp3) is 0.364. The Morgan fingerprint density at radius 1 is 1.35 bits per heavy atom. The zero-order valence-corrected chi connectivity index (χ0v) is 10.2. The van der Waals surface area contributed by atoms with Crippen molar-refractivity contribution in [3.05, 3.63) is 35.4 Å². The number of amides is 1. The van der Waals surface area contributed by atoms with Crippen molar-refractivity contribution in [3.8, 4) is 0 Å². The molecule has 0 aliphatic rings. The van der Waals surface area contributed by atoms with Gasteiger partial charge in [-0.1, -0.05) is 6.92 Å². The molecule has 0 spiro atoms. The highest BCUT2D eigenvalue weighted by molar-refractivity contribution is 5.85. The number of hydrogen-bond donors (Lipinski definition) is 2. The van der Waals surface area contributed by atoms with E-state index in [1.807, 2.05) is 0 Å². The van der Waals surface area contributed by atoms with Crippen LogP contribution >= 0.6 is 12.4 Å². The van der Waals surface area contributed by atoms with Crippen molar-refractivity contribution < 1.29 is 13.6 Å². The Balaban J connectivity index is 0.00000256. The van der Waals surface area contributed by atoms with Crippen LogP contribution in [0.2, 0.25) is 0 Å². The molecule has 0 fully saturated rings. The minimum Gasteiger partial charge on any atom is -0.352 e. The van der Waals surface area contributed by atoms with E-state index >= 15 is 0 Å². The molecule has 3 N–H and O–H groups in total. The van der Waals surface area contributed by atoms with Gasteiger partial charge >= 0.3 is 0 Å². The molecule has 1 rings (SSSR count). The molecule has 3 nitrogen and oxygen atoms in total. The largest absolute Gasteiger partial charge is 0.352 e. The number of rotatable bonds is 4. The average molecular weight is 265 g/mol. The maximum absolute atomic E-state index is 12.8. The molecule has 96 valence electrons. The number of nitrogens with one attached hydrogen (secondary N) is 1. The van der Waals surface area contributed by atoms with E-state index in [0.717, 1.165) is 6.07 Å². The van der Waals surface area contributed by atoms with Crippen LogP contribution in [0.4, 0.5) is 8.78 Å². The second-order valence-corrected chi connectivity index (χ2v) is 3.63. The maximum atomic E-state index is 12.8. The molecule has 0 radical (unpaired) electrons. The number of carbonyl (C=O) groups excluding carboxylic acids is 1. The summed E-state index contributed by atoms with van der Waals surface area (Å²) in [5, 5.41) is 2.55. The van der Waals surface area contributed by atoms with Crippen LogP contribution in [0, 0.1) is 17.6 Å². The van der Waals surface area contributed by atoms with Gasteiger partial charge in [-0.25, -0.2) is 8.78 Å². The topological polar surface area (TPSA) is 55.1 Å². The summed E-state index contributed by atoms with van der Waals surface area (Å²) in [6, 6.07) is 3.14. The third kappa shape index (κ3) is 5.10. The Morgan fingerprint density at radius 3 is 2.35 bits per heavy atom. The molecule has 0 aliphatic heterocycles. The Hall–Kier alpha value is -1.20. The summed E-state index contributed by atoms with van der Waals surface area (Å²) >= 11 is 0. The molecule has 17 heavy (non-hydrogen) atoms. The summed E-state index contributed by atoms with van der Waals surface area (Å²) in [5.74, 6) is -1.85. The van der Waals surface area contributed by atoms with E-state index < -0.39 is 11.6 Å². The highest BCUT2D eigenvalue weighted by Gasteiger charge is 2.10. The van der Waals surface area contributed by atoms with Crippen LogP contribution in [0.3, 0.4) is 0 Å². The molecular weight excluding hydrogens is 250 g/mol. The standard InChI is InChI=1S/C11H14F2N2O.ClH/c1-7(5-14)11(16)15-6-8-2-9(12)4-10(13)3-8;/h2-4,7H,5-6,14H2,1H3,(H,15,16);1H. The summed E-state index contributed by atoms with van der Waals surface area (Å²) < 4.78 is 25.6. The molecule has 1 aromatic carbocycles. The van der Waals surface area contributed by atoms with Crippen LogP contribution in [0.25, 0.3) is 0 Å². The van der Waals surface area contributed by atoms with Crippen LogP contribution in [0.15, 0.2) is 18.2 Å². The third-order valence-corrected chi connectivity index (χ3v) is 2.19. The predicted octanol–water partition coefficient (Wildman–Crippen LogP) is 1.60. The summed E-state index contributed by atoms with van der Waals surface area (Å²) in [7, 11) is 0. The van der Waals surface area contributed by atoms with Crippen LogP contribution in [-0.2, 0) is 11.3 Å². The summed E-state index contributed by atoms with van der Waals surface area (Å²) in [5.41, 5.74) is 5.69. The van der Waals surface area contributed by atoms with E-state index in [9.17, 15) is 13.6 Å². The lowest BCUT2D eigenvalue weighted by molar-refractivity contribution is -0.124. The van der Waals surface area contributed by atoms with Crippen molar-refractivity contribution in [2.75, 3.05) is 6.54 Å². The Bertz CT molecular complexity index is 367. The highest BCUT2D eigenvalue weighted by Crippen LogP contribution is 2.07. The molecule has 0 bridgehead atoms. The van der Waals surface area contributed by atoms with E-state index in [0.29, 0.717) is 5.56 Å². The van der Waals surface area contributed by atoms with Crippen LogP contribution in [0.5, 0.6) is 0 Å². The lowest BCUT2D eigenvalue weighted by atomic mass is 10.1. The van der Waals surface area contributed by atoms with Gasteiger partial charge in [0, 0.05) is 25.1 Å². The molecule has 0 aromatic heterocycles. The molecule has 0 saturated heterocycles. The molecule has 0 saturated carbocycles. The number of benzene rings is 1. The van der Waals surface area contributed by atoms with E-state index in [-0.39, 0.29) is 37.3 Å². The number of carbonyl (C=O) groups is 1. The van der Waals surface area contributed by atoms with Crippen molar-refractivity contribution in [1.29, 1.82) is 0 Å². The monoisotopic (exact) mass is 264 g/mol. The summed E-state index contributed by atoms with van der Waals surface area (Å²) in [6.07, 6.45) is 0. The fourth-order valence-electron chi connectivity index (χ4n) is 1.18. The fourth-order valence-corrected chi connectivity index (χ4v) is 1.18. The van der Waals surface area contributed by atoms with E-state index in [4.69, 9.17) is 5.73 Å². The van der Waals surface area contributed by atoms with Gasteiger partial charge in [-0.3, -0.25) is 4.79 Å². The van der Waals surface area contributed by atoms with Gasteiger partial charge in [0.2, 0.25) is 5.91 Å². The summed E-state index contributed by atoms with van der Waals surface area (Å²) in [4.78, 5) is 11.3. The first kappa shape index (κ1) is 15.8. The van der Waals surface area contributed by atoms with Gasteiger partial charge in [0.1, 0.15) is 11.6 Å². The zero-order chi connectivity index (χ0) is 12.1. The molecule has 0 aliphatic carbocycles. The van der Waals surface area contributed by atoms with Gasteiger partial charge in [0.25, 0.3) is 0 Å². The van der Waals surface area contributed by atoms with E-state index in [1.54, 1.807) is 6.92 Å². The summed E-state index contributed by atoms with van der Waals surface area (Å²) in [6.45, 7) is 2.02. The minimum absolute atomic E-state index is 0. The van der Waals surface area contributed by atoms with Gasteiger partial charge in [0.05, 0.1) is 0 Å². The second kappa shape index (κ2) is 7.19. The van der Waals surface area contributed by atoms with Gasteiger partial charge in [-0.2, -0.15) is 0 Å². The number of halogens is 3.